The molecule has 0 saturated heterocycles. The quantitative estimate of drug-likeness (QED) is 0.522. The molecule has 0 radical (unpaired) electrons. The first kappa shape index (κ1) is 19.6. The summed E-state index contributed by atoms with van der Waals surface area (Å²) in [6.07, 6.45) is 1.91. The van der Waals surface area contributed by atoms with E-state index in [0.29, 0.717) is 29.1 Å². The van der Waals surface area contributed by atoms with Crippen molar-refractivity contribution in [2.75, 3.05) is 11.9 Å². The Morgan fingerprint density at radius 3 is 2.07 bits per heavy atom. The number of carbonyl (C=O) groups excluding carboxylic acids is 2. The summed E-state index contributed by atoms with van der Waals surface area (Å²) >= 11 is 0. The van der Waals surface area contributed by atoms with E-state index in [1.807, 2.05) is 72.8 Å². The molecule has 2 N–H and O–H groups in total. The van der Waals surface area contributed by atoms with Crippen molar-refractivity contribution in [1.82, 2.24) is 5.32 Å². The molecule has 0 aliphatic heterocycles. The summed E-state index contributed by atoms with van der Waals surface area (Å²) in [5.41, 5.74) is 4.01. The third-order valence-electron chi connectivity index (χ3n) is 5.20. The standard InChI is InChI=1S/C26H24N2O2/c1-2-3-17-27-23-24(28-19-13-8-5-9-14-19)25(29)21-16-10-15-20(22(21)26(23)30)18-11-6-4-7-12-18/h4-16,27-28H,2-3,17H2,1H3. The summed E-state index contributed by atoms with van der Waals surface area (Å²) in [5, 5.41) is 6.42. The highest BCUT2D eigenvalue weighted by atomic mass is 16.1. The number of ketones is 2. The van der Waals surface area contributed by atoms with Crippen LogP contribution in [0, 0.1) is 0 Å². The van der Waals surface area contributed by atoms with Crippen LogP contribution in [0.3, 0.4) is 0 Å². The van der Waals surface area contributed by atoms with E-state index in [-0.39, 0.29) is 11.6 Å². The van der Waals surface area contributed by atoms with Gasteiger partial charge in [-0.15, -0.1) is 0 Å². The Morgan fingerprint density at radius 2 is 1.37 bits per heavy atom. The third-order valence-corrected chi connectivity index (χ3v) is 5.20. The van der Waals surface area contributed by atoms with Gasteiger partial charge in [0.1, 0.15) is 11.4 Å². The second-order valence-corrected chi connectivity index (χ2v) is 7.27. The van der Waals surface area contributed by atoms with Crippen LogP contribution < -0.4 is 10.6 Å². The molecule has 0 unspecified atom stereocenters. The summed E-state index contributed by atoms with van der Waals surface area (Å²) in [6.45, 7) is 2.73. The van der Waals surface area contributed by atoms with Gasteiger partial charge in [-0.2, -0.15) is 0 Å². The SMILES string of the molecule is CCCCNC1=C(Nc2ccccc2)C(=O)c2cccc(-c3ccccc3)c2C1=O. The zero-order valence-corrected chi connectivity index (χ0v) is 16.9. The lowest BCUT2D eigenvalue weighted by Gasteiger charge is -2.25. The van der Waals surface area contributed by atoms with Gasteiger partial charge in [-0.05, 0) is 29.7 Å². The maximum Gasteiger partial charge on any atom is 0.212 e. The van der Waals surface area contributed by atoms with Crippen LogP contribution in [0.1, 0.15) is 40.5 Å². The Kier molecular flexibility index (Phi) is 5.75. The number of allylic oxidation sites excluding steroid dienone is 2. The van der Waals surface area contributed by atoms with Crippen molar-refractivity contribution in [3.05, 3.63) is 101 Å². The largest absolute Gasteiger partial charge is 0.380 e. The van der Waals surface area contributed by atoms with E-state index in [9.17, 15) is 9.59 Å². The van der Waals surface area contributed by atoms with Gasteiger partial charge >= 0.3 is 0 Å². The molecule has 0 aromatic heterocycles. The highest BCUT2D eigenvalue weighted by Crippen LogP contribution is 2.33. The van der Waals surface area contributed by atoms with Crippen LogP contribution in [0.15, 0.2) is 90.3 Å². The van der Waals surface area contributed by atoms with Crippen molar-refractivity contribution >= 4 is 17.3 Å². The second-order valence-electron chi connectivity index (χ2n) is 7.27. The molecule has 0 atom stereocenters. The fourth-order valence-electron chi connectivity index (χ4n) is 3.68. The molecule has 0 spiro atoms. The van der Waals surface area contributed by atoms with Crippen molar-refractivity contribution in [2.45, 2.75) is 19.8 Å². The van der Waals surface area contributed by atoms with E-state index in [1.165, 1.54) is 0 Å². The van der Waals surface area contributed by atoms with Gasteiger partial charge in [-0.3, -0.25) is 9.59 Å². The van der Waals surface area contributed by atoms with Gasteiger partial charge in [-0.25, -0.2) is 0 Å². The van der Waals surface area contributed by atoms with Crippen LogP contribution in [-0.4, -0.2) is 18.1 Å². The molecule has 3 aromatic rings. The van der Waals surface area contributed by atoms with E-state index in [1.54, 1.807) is 6.07 Å². The summed E-state index contributed by atoms with van der Waals surface area (Å²) in [7, 11) is 0. The molecule has 4 nitrogen and oxygen atoms in total. The first-order valence-electron chi connectivity index (χ1n) is 10.3. The van der Waals surface area contributed by atoms with E-state index in [2.05, 4.69) is 17.6 Å². The highest BCUT2D eigenvalue weighted by molar-refractivity contribution is 6.29. The van der Waals surface area contributed by atoms with Crippen molar-refractivity contribution in [3.63, 3.8) is 0 Å². The maximum absolute atomic E-state index is 13.6. The Balaban J connectivity index is 1.83. The van der Waals surface area contributed by atoms with Crippen LogP contribution in [0.2, 0.25) is 0 Å². The molecule has 0 bridgehead atoms. The number of fused-ring (bicyclic) bond motifs is 1. The predicted molar refractivity (Wildman–Crippen MR) is 121 cm³/mol. The van der Waals surface area contributed by atoms with Crippen LogP contribution >= 0.6 is 0 Å². The number of unbranched alkanes of at least 4 members (excludes halogenated alkanes) is 1. The molecule has 1 aliphatic rings. The molecule has 150 valence electrons. The minimum atomic E-state index is -0.176. The molecule has 4 rings (SSSR count). The van der Waals surface area contributed by atoms with Gasteiger partial charge in [-0.1, -0.05) is 80.1 Å². The number of benzene rings is 3. The average Bonchev–Trinajstić information content (AvgIpc) is 2.80. The number of hydrogen-bond donors (Lipinski definition) is 2. The Hall–Kier alpha value is -3.66. The molecule has 4 heteroatoms. The zero-order valence-electron chi connectivity index (χ0n) is 16.9. The van der Waals surface area contributed by atoms with Crippen molar-refractivity contribution in [3.8, 4) is 11.1 Å². The van der Waals surface area contributed by atoms with Crippen LogP contribution in [0.4, 0.5) is 5.69 Å². The first-order chi connectivity index (χ1) is 14.7. The third kappa shape index (κ3) is 3.77. The summed E-state index contributed by atoms with van der Waals surface area (Å²) in [4.78, 5) is 27.1. The van der Waals surface area contributed by atoms with Gasteiger partial charge in [0.05, 0.1) is 0 Å². The smallest absolute Gasteiger partial charge is 0.212 e. The predicted octanol–water partition coefficient (Wildman–Crippen LogP) is 5.45. The van der Waals surface area contributed by atoms with E-state index in [0.717, 1.165) is 29.7 Å². The molecule has 1 aliphatic carbocycles. The lowest BCUT2D eigenvalue weighted by molar-refractivity contribution is 0.0970. The van der Waals surface area contributed by atoms with Crippen molar-refractivity contribution < 1.29 is 9.59 Å². The van der Waals surface area contributed by atoms with Gasteiger partial charge in [0.25, 0.3) is 0 Å². The number of carbonyl (C=O) groups is 2. The van der Waals surface area contributed by atoms with E-state index < -0.39 is 0 Å². The van der Waals surface area contributed by atoms with Gasteiger partial charge < -0.3 is 10.6 Å². The molecule has 0 heterocycles. The van der Waals surface area contributed by atoms with Crippen molar-refractivity contribution in [1.29, 1.82) is 0 Å². The summed E-state index contributed by atoms with van der Waals surface area (Å²) in [6, 6.07) is 24.6. The maximum atomic E-state index is 13.6. The Bertz CT molecular complexity index is 1100. The van der Waals surface area contributed by atoms with Crippen LogP contribution in [0.25, 0.3) is 11.1 Å². The lowest BCUT2D eigenvalue weighted by atomic mass is 9.84. The first-order valence-corrected chi connectivity index (χ1v) is 10.3. The number of nitrogens with one attached hydrogen (secondary N) is 2. The molecule has 3 aromatic carbocycles. The number of Topliss-reactive ketones (excluding diaryl/α,β-unsaturated/α-hetero) is 2. The average molecular weight is 396 g/mol. The van der Waals surface area contributed by atoms with Gasteiger partial charge in [0.2, 0.25) is 11.6 Å². The number of para-hydroxylation sites is 1. The molecular formula is C26H24N2O2. The van der Waals surface area contributed by atoms with Gasteiger partial charge in [0.15, 0.2) is 0 Å². The molecular weight excluding hydrogens is 372 g/mol. The minimum absolute atomic E-state index is 0.154. The number of rotatable bonds is 7. The second kappa shape index (κ2) is 8.78. The van der Waals surface area contributed by atoms with E-state index in [4.69, 9.17) is 0 Å². The summed E-state index contributed by atoms with van der Waals surface area (Å²) < 4.78 is 0. The topological polar surface area (TPSA) is 58.2 Å². The monoisotopic (exact) mass is 396 g/mol. The van der Waals surface area contributed by atoms with Crippen LogP contribution in [-0.2, 0) is 0 Å². The highest BCUT2D eigenvalue weighted by Gasteiger charge is 2.34. The van der Waals surface area contributed by atoms with Gasteiger partial charge in [0, 0.05) is 23.4 Å². The normalized spacial score (nSPS) is 13.2. The fraction of sp³-hybridized carbons (Fsp3) is 0.154. The molecule has 0 amide bonds. The lowest BCUT2D eigenvalue weighted by Crippen LogP contribution is -2.34. The Labute approximate surface area is 176 Å². The molecule has 0 fully saturated rings. The molecule has 0 saturated carbocycles. The zero-order chi connectivity index (χ0) is 20.9. The number of hydrogen-bond acceptors (Lipinski definition) is 4. The fourth-order valence-corrected chi connectivity index (χ4v) is 3.68. The van der Waals surface area contributed by atoms with E-state index >= 15 is 0 Å². The molecule has 30 heavy (non-hydrogen) atoms. The Morgan fingerprint density at radius 1 is 0.700 bits per heavy atom. The number of anilines is 1. The van der Waals surface area contributed by atoms with Crippen molar-refractivity contribution in [2.24, 2.45) is 0 Å². The minimum Gasteiger partial charge on any atom is -0.380 e. The van der Waals surface area contributed by atoms with Crippen LogP contribution in [0.5, 0.6) is 0 Å². The summed E-state index contributed by atoms with van der Waals surface area (Å²) in [5.74, 6) is -0.330.